The van der Waals surface area contributed by atoms with E-state index in [0.717, 1.165) is 30.5 Å². The Kier molecular flexibility index (Phi) is 4.44. The van der Waals surface area contributed by atoms with Crippen LogP contribution in [0.3, 0.4) is 0 Å². The van der Waals surface area contributed by atoms with Crippen LogP contribution in [-0.2, 0) is 11.3 Å². The van der Waals surface area contributed by atoms with Gasteiger partial charge in [0.2, 0.25) is 5.95 Å². The highest BCUT2D eigenvalue weighted by molar-refractivity contribution is 6.35. The van der Waals surface area contributed by atoms with Crippen molar-refractivity contribution in [3.05, 3.63) is 23.2 Å². The van der Waals surface area contributed by atoms with E-state index >= 15 is 0 Å². The summed E-state index contributed by atoms with van der Waals surface area (Å²) in [6.07, 6.45) is 2.23. The monoisotopic (exact) mass is 267 g/mol. The summed E-state index contributed by atoms with van der Waals surface area (Å²) in [5.74, 6) is 0.484. The SMILES string of the molecule is CCCCOCCn1c(N)nc2cccc(Cl)c21. The van der Waals surface area contributed by atoms with Gasteiger partial charge in [-0.3, -0.25) is 0 Å². The third-order valence-electron chi connectivity index (χ3n) is 2.85. The molecule has 0 amide bonds. The lowest BCUT2D eigenvalue weighted by molar-refractivity contribution is 0.124. The Bertz CT molecular complexity index is 524. The normalized spacial score (nSPS) is 11.2. The van der Waals surface area contributed by atoms with Crippen LogP contribution >= 0.6 is 11.6 Å². The summed E-state index contributed by atoms with van der Waals surface area (Å²) in [5.41, 5.74) is 7.61. The number of aromatic nitrogens is 2. The maximum absolute atomic E-state index is 6.18. The zero-order valence-electron chi connectivity index (χ0n) is 10.5. The first-order valence-corrected chi connectivity index (χ1v) is 6.59. The molecule has 0 spiro atoms. The fourth-order valence-electron chi connectivity index (χ4n) is 1.89. The molecule has 0 aliphatic heterocycles. The summed E-state index contributed by atoms with van der Waals surface area (Å²) >= 11 is 6.18. The predicted octanol–water partition coefficient (Wildman–Crippen LogP) is 3.09. The van der Waals surface area contributed by atoms with Gasteiger partial charge in [-0.15, -0.1) is 0 Å². The van der Waals surface area contributed by atoms with E-state index in [9.17, 15) is 0 Å². The molecule has 2 rings (SSSR count). The minimum atomic E-state index is 0.484. The molecule has 1 aromatic heterocycles. The quantitative estimate of drug-likeness (QED) is 0.819. The number of anilines is 1. The largest absolute Gasteiger partial charge is 0.380 e. The van der Waals surface area contributed by atoms with Crippen molar-refractivity contribution in [2.45, 2.75) is 26.3 Å². The number of para-hydroxylation sites is 1. The average molecular weight is 268 g/mol. The molecule has 0 fully saturated rings. The lowest BCUT2D eigenvalue weighted by atomic mass is 10.3. The number of unbranched alkanes of at least 4 members (excludes halogenated alkanes) is 1. The first-order chi connectivity index (χ1) is 8.74. The predicted molar refractivity (Wildman–Crippen MR) is 74.9 cm³/mol. The van der Waals surface area contributed by atoms with Gasteiger partial charge in [0.05, 0.1) is 22.7 Å². The molecule has 0 atom stereocenters. The standard InChI is InChI=1S/C13H18ClN3O/c1-2-3-8-18-9-7-17-12-10(14)5-4-6-11(12)16-13(17)15/h4-6H,2-3,7-9H2,1H3,(H2,15,16). The first-order valence-electron chi connectivity index (χ1n) is 6.22. The molecular formula is C13H18ClN3O. The van der Waals surface area contributed by atoms with Crippen LogP contribution in [0.5, 0.6) is 0 Å². The second-order valence-electron chi connectivity index (χ2n) is 4.20. The molecule has 2 N–H and O–H groups in total. The van der Waals surface area contributed by atoms with Crippen molar-refractivity contribution in [2.24, 2.45) is 0 Å². The Morgan fingerprint density at radius 1 is 1.39 bits per heavy atom. The van der Waals surface area contributed by atoms with Gasteiger partial charge in [-0.2, -0.15) is 0 Å². The Balaban J connectivity index is 2.10. The van der Waals surface area contributed by atoms with E-state index in [2.05, 4.69) is 11.9 Å². The van der Waals surface area contributed by atoms with Crippen molar-refractivity contribution in [1.29, 1.82) is 0 Å². The number of ether oxygens (including phenoxy) is 1. The van der Waals surface area contributed by atoms with Crippen molar-refractivity contribution in [1.82, 2.24) is 9.55 Å². The van der Waals surface area contributed by atoms with Crippen LogP contribution in [0, 0.1) is 0 Å². The molecule has 1 aromatic carbocycles. The average Bonchev–Trinajstić information content (AvgIpc) is 2.67. The molecule has 0 aliphatic carbocycles. The lowest BCUT2D eigenvalue weighted by Gasteiger charge is -2.08. The Morgan fingerprint density at radius 2 is 2.22 bits per heavy atom. The fourth-order valence-corrected chi connectivity index (χ4v) is 2.16. The van der Waals surface area contributed by atoms with E-state index in [1.807, 2.05) is 22.8 Å². The van der Waals surface area contributed by atoms with Crippen molar-refractivity contribution in [2.75, 3.05) is 18.9 Å². The first kappa shape index (κ1) is 13.2. The number of hydrogen-bond donors (Lipinski definition) is 1. The van der Waals surface area contributed by atoms with Gasteiger partial charge in [-0.25, -0.2) is 4.98 Å². The molecule has 0 unspecified atom stereocenters. The number of fused-ring (bicyclic) bond motifs is 1. The lowest BCUT2D eigenvalue weighted by Crippen LogP contribution is -2.09. The zero-order chi connectivity index (χ0) is 13.0. The number of imidazole rings is 1. The highest BCUT2D eigenvalue weighted by Crippen LogP contribution is 2.25. The molecule has 0 saturated heterocycles. The second kappa shape index (κ2) is 6.07. The summed E-state index contributed by atoms with van der Waals surface area (Å²) in [6.45, 7) is 4.23. The number of rotatable bonds is 6. The minimum Gasteiger partial charge on any atom is -0.380 e. The van der Waals surface area contributed by atoms with Crippen molar-refractivity contribution >= 4 is 28.6 Å². The van der Waals surface area contributed by atoms with E-state index in [1.54, 1.807) is 0 Å². The van der Waals surface area contributed by atoms with Gasteiger partial charge in [0, 0.05) is 13.2 Å². The third kappa shape index (κ3) is 2.76. The summed E-state index contributed by atoms with van der Waals surface area (Å²) in [7, 11) is 0. The van der Waals surface area contributed by atoms with E-state index in [1.165, 1.54) is 0 Å². The fraction of sp³-hybridized carbons (Fsp3) is 0.462. The van der Waals surface area contributed by atoms with Crippen LogP contribution in [0.4, 0.5) is 5.95 Å². The molecule has 18 heavy (non-hydrogen) atoms. The summed E-state index contributed by atoms with van der Waals surface area (Å²) < 4.78 is 7.45. The highest BCUT2D eigenvalue weighted by Gasteiger charge is 2.10. The van der Waals surface area contributed by atoms with E-state index in [-0.39, 0.29) is 0 Å². The van der Waals surface area contributed by atoms with E-state index in [0.29, 0.717) is 24.1 Å². The van der Waals surface area contributed by atoms with E-state index < -0.39 is 0 Å². The van der Waals surface area contributed by atoms with Crippen LogP contribution in [0.1, 0.15) is 19.8 Å². The number of benzene rings is 1. The Labute approximate surface area is 112 Å². The third-order valence-corrected chi connectivity index (χ3v) is 3.15. The van der Waals surface area contributed by atoms with Gasteiger partial charge in [0.1, 0.15) is 0 Å². The van der Waals surface area contributed by atoms with Crippen molar-refractivity contribution < 1.29 is 4.74 Å². The summed E-state index contributed by atoms with van der Waals surface area (Å²) in [5, 5.41) is 0.672. The highest BCUT2D eigenvalue weighted by atomic mass is 35.5. The number of hydrogen-bond acceptors (Lipinski definition) is 3. The molecule has 0 aliphatic rings. The molecule has 2 aromatic rings. The smallest absolute Gasteiger partial charge is 0.201 e. The van der Waals surface area contributed by atoms with Gasteiger partial charge in [0.15, 0.2) is 0 Å². The number of halogens is 1. The molecule has 0 saturated carbocycles. The Morgan fingerprint density at radius 3 is 3.00 bits per heavy atom. The zero-order valence-corrected chi connectivity index (χ0v) is 11.3. The van der Waals surface area contributed by atoms with Gasteiger partial charge < -0.3 is 15.0 Å². The molecule has 4 nitrogen and oxygen atoms in total. The van der Waals surface area contributed by atoms with Gasteiger partial charge in [-0.1, -0.05) is 31.0 Å². The van der Waals surface area contributed by atoms with Crippen LogP contribution < -0.4 is 5.73 Å². The summed E-state index contributed by atoms with van der Waals surface area (Å²) in [6, 6.07) is 5.63. The van der Waals surface area contributed by atoms with Gasteiger partial charge in [0.25, 0.3) is 0 Å². The molecule has 0 radical (unpaired) electrons. The molecule has 5 heteroatoms. The number of nitrogens with zero attached hydrogens (tertiary/aromatic N) is 2. The molecule has 1 heterocycles. The Hall–Kier alpha value is -1.26. The maximum atomic E-state index is 6.18. The van der Waals surface area contributed by atoms with E-state index in [4.69, 9.17) is 22.1 Å². The van der Waals surface area contributed by atoms with Crippen LogP contribution in [0.15, 0.2) is 18.2 Å². The van der Waals surface area contributed by atoms with Crippen LogP contribution in [0.2, 0.25) is 5.02 Å². The maximum Gasteiger partial charge on any atom is 0.201 e. The molecule has 0 bridgehead atoms. The van der Waals surface area contributed by atoms with Crippen molar-refractivity contribution in [3.8, 4) is 0 Å². The molecular weight excluding hydrogens is 250 g/mol. The molecule has 98 valence electrons. The number of nitrogen functional groups attached to an aromatic ring is 1. The second-order valence-corrected chi connectivity index (χ2v) is 4.60. The summed E-state index contributed by atoms with van der Waals surface area (Å²) in [4.78, 5) is 4.29. The van der Waals surface area contributed by atoms with Gasteiger partial charge in [-0.05, 0) is 18.6 Å². The number of nitrogens with two attached hydrogens (primary N) is 1. The van der Waals surface area contributed by atoms with Crippen LogP contribution in [0.25, 0.3) is 11.0 Å². The van der Waals surface area contributed by atoms with Crippen LogP contribution in [-0.4, -0.2) is 22.8 Å². The minimum absolute atomic E-state index is 0.484. The topological polar surface area (TPSA) is 53.1 Å². The van der Waals surface area contributed by atoms with Gasteiger partial charge >= 0.3 is 0 Å². The van der Waals surface area contributed by atoms with Crippen molar-refractivity contribution in [3.63, 3.8) is 0 Å².